The van der Waals surface area contributed by atoms with Crippen LogP contribution in [0.4, 0.5) is 0 Å². The number of amides is 1. The number of carbonyl (C=O) groups excluding carboxylic acids is 1. The highest BCUT2D eigenvalue weighted by molar-refractivity contribution is 7.89. The summed E-state index contributed by atoms with van der Waals surface area (Å²) in [5.41, 5.74) is -0.246. The number of sulfonamides is 1. The number of rotatable bonds is 6. The van der Waals surface area contributed by atoms with Crippen LogP contribution in [0.1, 0.15) is 39.5 Å². The van der Waals surface area contributed by atoms with Crippen LogP contribution < -0.4 is 10.0 Å². The lowest BCUT2D eigenvalue weighted by Crippen LogP contribution is -2.41. The highest BCUT2D eigenvalue weighted by Crippen LogP contribution is 2.37. The first kappa shape index (κ1) is 14.4. The first-order valence-corrected chi connectivity index (χ1v) is 7.80. The molecular formula is C11H22N2O3S. The fraction of sp³-hybridized carbons (Fsp3) is 0.909. The number of nitrogens with one attached hydrogen (secondary N) is 2. The summed E-state index contributed by atoms with van der Waals surface area (Å²) < 4.78 is 24.7. The number of carbonyl (C=O) groups is 1. The maximum atomic E-state index is 11.9. The van der Waals surface area contributed by atoms with E-state index in [1.807, 2.05) is 6.92 Å². The Morgan fingerprint density at radius 2 is 1.82 bits per heavy atom. The van der Waals surface area contributed by atoms with Crippen molar-refractivity contribution in [1.29, 1.82) is 0 Å². The van der Waals surface area contributed by atoms with Crippen LogP contribution in [0.15, 0.2) is 0 Å². The van der Waals surface area contributed by atoms with Crippen LogP contribution in [0.3, 0.4) is 0 Å². The molecule has 0 aromatic heterocycles. The molecule has 0 aliphatic heterocycles. The fourth-order valence-electron chi connectivity index (χ4n) is 2.08. The highest BCUT2D eigenvalue weighted by atomic mass is 32.2. The third-order valence-electron chi connectivity index (χ3n) is 3.37. The fourth-order valence-corrected chi connectivity index (χ4v) is 2.70. The Morgan fingerprint density at radius 1 is 1.24 bits per heavy atom. The lowest BCUT2D eigenvalue weighted by Gasteiger charge is -2.22. The van der Waals surface area contributed by atoms with Gasteiger partial charge in [-0.15, -0.1) is 0 Å². The van der Waals surface area contributed by atoms with E-state index in [0.29, 0.717) is 6.54 Å². The van der Waals surface area contributed by atoms with Gasteiger partial charge in [0.15, 0.2) is 0 Å². The zero-order valence-corrected chi connectivity index (χ0v) is 11.4. The van der Waals surface area contributed by atoms with Crippen LogP contribution in [0.5, 0.6) is 0 Å². The molecule has 17 heavy (non-hydrogen) atoms. The van der Waals surface area contributed by atoms with Gasteiger partial charge >= 0.3 is 0 Å². The molecule has 1 rings (SSSR count). The molecule has 1 amide bonds. The lowest BCUT2D eigenvalue weighted by molar-refractivity contribution is -0.129. The Labute approximate surface area is 103 Å². The van der Waals surface area contributed by atoms with E-state index in [0.717, 1.165) is 25.7 Å². The maximum absolute atomic E-state index is 11.9. The second-order valence-electron chi connectivity index (χ2n) is 4.82. The van der Waals surface area contributed by atoms with Crippen molar-refractivity contribution >= 4 is 15.9 Å². The predicted octanol–water partition coefficient (Wildman–Crippen LogP) is 0.622. The number of hydrogen-bond acceptors (Lipinski definition) is 3. The normalized spacial score (nSPS) is 19.2. The van der Waals surface area contributed by atoms with Crippen molar-refractivity contribution in [3.05, 3.63) is 0 Å². The summed E-state index contributed by atoms with van der Waals surface area (Å²) in [6, 6.07) is 0. The third-order valence-corrected chi connectivity index (χ3v) is 4.77. The van der Waals surface area contributed by atoms with E-state index in [4.69, 9.17) is 0 Å². The molecule has 0 heterocycles. The van der Waals surface area contributed by atoms with Gasteiger partial charge in [-0.25, -0.2) is 13.1 Å². The molecule has 0 saturated heterocycles. The van der Waals surface area contributed by atoms with Crippen molar-refractivity contribution < 1.29 is 13.2 Å². The monoisotopic (exact) mass is 262 g/mol. The molecule has 0 atom stereocenters. The minimum atomic E-state index is -3.15. The summed E-state index contributed by atoms with van der Waals surface area (Å²) in [6.07, 6.45) is 4.07. The molecule has 0 bridgehead atoms. The standard InChI is InChI=1S/C11H22N2O3S/c1-3-17(15,16)13-9-8-12-10(14)11(2)6-4-5-7-11/h13H,3-9H2,1-2H3,(H,12,14). The smallest absolute Gasteiger partial charge is 0.225 e. The molecule has 0 aromatic rings. The summed E-state index contributed by atoms with van der Waals surface area (Å²) >= 11 is 0. The second kappa shape index (κ2) is 5.82. The molecule has 0 aromatic carbocycles. The Kier molecular flexibility index (Phi) is 4.94. The molecule has 1 aliphatic rings. The van der Waals surface area contributed by atoms with Crippen molar-refractivity contribution in [2.24, 2.45) is 5.41 Å². The van der Waals surface area contributed by atoms with Crippen LogP contribution in [0.2, 0.25) is 0 Å². The van der Waals surface area contributed by atoms with Gasteiger partial charge in [0.1, 0.15) is 0 Å². The summed E-state index contributed by atoms with van der Waals surface area (Å²) in [5, 5.41) is 2.80. The summed E-state index contributed by atoms with van der Waals surface area (Å²) in [6.45, 7) is 4.18. The molecule has 0 unspecified atom stereocenters. The van der Waals surface area contributed by atoms with E-state index in [1.54, 1.807) is 6.92 Å². The van der Waals surface area contributed by atoms with Gasteiger partial charge in [-0.05, 0) is 19.8 Å². The minimum Gasteiger partial charge on any atom is -0.354 e. The van der Waals surface area contributed by atoms with E-state index in [1.165, 1.54) is 0 Å². The minimum absolute atomic E-state index is 0.0469. The SMILES string of the molecule is CCS(=O)(=O)NCCNC(=O)C1(C)CCCC1. The van der Waals surface area contributed by atoms with Gasteiger partial charge in [-0.2, -0.15) is 0 Å². The molecule has 6 heteroatoms. The Bertz CT molecular complexity index is 359. The van der Waals surface area contributed by atoms with Crippen molar-refractivity contribution in [2.75, 3.05) is 18.8 Å². The second-order valence-corrected chi connectivity index (χ2v) is 6.92. The van der Waals surface area contributed by atoms with Crippen LogP contribution in [0.25, 0.3) is 0 Å². The summed E-state index contributed by atoms with van der Waals surface area (Å²) in [4.78, 5) is 11.9. The van der Waals surface area contributed by atoms with E-state index < -0.39 is 10.0 Å². The van der Waals surface area contributed by atoms with Crippen molar-refractivity contribution in [3.63, 3.8) is 0 Å². The molecule has 2 N–H and O–H groups in total. The van der Waals surface area contributed by atoms with Crippen LogP contribution in [0, 0.1) is 5.41 Å². The van der Waals surface area contributed by atoms with E-state index in [2.05, 4.69) is 10.0 Å². The van der Waals surface area contributed by atoms with Gasteiger partial charge in [0.25, 0.3) is 0 Å². The lowest BCUT2D eigenvalue weighted by atomic mass is 9.88. The van der Waals surface area contributed by atoms with Crippen molar-refractivity contribution in [1.82, 2.24) is 10.0 Å². The van der Waals surface area contributed by atoms with Gasteiger partial charge in [-0.1, -0.05) is 19.8 Å². The maximum Gasteiger partial charge on any atom is 0.225 e. The van der Waals surface area contributed by atoms with Crippen LogP contribution >= 0.6 is 0 Å². The third kappa shape index (κ3) is 4.27. The molecule has 5 nitrogen and oxygen atoms in total. The Hall–Kier alpha value is -0.620. The van der Waals surface area contributed by atoms with E-state index in [9.17, 15) is 13.2 Å². The predicted molar refractivity (Wildman–Crippen MR) is 67.0 cm³/mol. The first-order chi connectivity index (χ1) is 7.90. The number of hydrogen-bond donors (Lipinski definition) is 2. The quantitative estimate of drug-likeness (QED) is 0.689. The van der Waals surface area contributed by atoms with Crippen LogP contribution in [-0.2, 0) is 14.8 Å². The Morgan fingerprint density at radius 3 is 2.35 bits per heavy atom. The zero-order chi connectivity index (χ0) is 12.9. The molecule has 1 fully saturated rings. The first-order valence-electron chi connectivity index (χ1n) is 6.15. The molecule has 1 aliphatic carbocycles. The van der Waals surface area contributed by atoms with E-state index >= 15 is 0 Å². The highest BCUT2D eigenvalue weighted by Gasteiger charge is 2.35. The Balaban J connectivity index is 2.25. The molecule has 100 valence electrons. The molecule has 0 radical (unpaired) electrons. The van der Waals surface area contributed by atoms with Gasteiger partial charge in [0.05, 0.1) is 5.75 Å². The van der Waals surface area contributed by atoms with Gasteiger partial charge in [0.2, 0.25) is 15.9 Å². The average molecular weight is 262 g/mol. The molecule has 1 saturated carbocycles. The van der Waals surface area contributed by atoms with Gasteiger partial charge < -0.3 is 5.32 Å². The van der Waals surface area contributed by atoms with Crippen LogP contribution in [-0.4, -0.2) is 33.2 Å². The van der Waals surface area contributed by atoms with Gasteiger partial charge in [-0.3, -0.25) is 4.79 Å². The van der Waals surface area contributed by atoms with E-state index in [-0.39, 0.29) is 23.6 Å². The summed E-state index contributed by atoms with van der Waals surface area (Å²) in [5.74, 6) is 0.115. The topological polar surface area (TPSA) is 75.3 Å². The molecular weight excluding hydrogens is 240 g/mol. The largest absolute Gasteiger partial charge is 0.354 e. The molecule has 0 spiro atoms. The van der Waals surface area contributed by atoms with Gasteiger partial charge in [0, 0.05) is 18.5 Å². The van der Waals surface area contributed by atoms with Crippen molar-refractivity contribution in [2.45, 2.75) is 39.5 Å². The average Bonchev–Trinajstić information content (AvgIpc) is 2.72. The summed E-state index contributed by atoms with van der Waals surface area (Å²) in [7, 11) is -3.15. The van der Waals surface area contributed by atoms with Crippen molar-refractivity contribution in [3.8, 4) is 0 Å². The zero-order valence-electron chi connectivity index (χ0n) is 10.6.